The van der Waals surface area contributed by atoms with Crippen molar-refractivity contribution < 1.29 is 14.7 Å². The third-order valence-corrected chi connectivity index (χ3v) is 4.83. The summed E-state index contributed by atoms with van der Waals surface area (Å²) in [6.45, 7) is 0. The number of carbonyl (C=O) groups is 2. The van der Waals surface area contributed by atoms with Crippen LogP contribution in [-0.2, 0) is 23.2 Å². The lowest BCUT2D eigenvalue weighted by Crippen LogP contribution is -2.36. The van der Waals surface area contributed by atoms with Crippen LogP contribution in [0.3, 0.4) is 0 Å². The van der Waals surface area contributed by atoms with Crippen molar-refractivity contribution in [2.45, 2.75) is 31.3 Å². The third kappa shape index (κ3) is 2.18. The molecule has 2 aliphatic rings. The Labute approximate surface area is 134 Å². The number of hydrogen-bond acceptors (Lipinski definition) is 3. The summed E-state index contributed by atoms with van der Waals surface area (Å²) in [6, 6.07) is 12.6. The molecule has 4 nitrogen and oxygen atoms in total. The molecular formula is C19H17NO3. The highest BCUT2D eigenvalue weighted by atomic mass is 16.3. The van der Waals surface area contributed by atoms with E-state index in [9.17, 15) is 14.7 Å². The normalized spacial score (nSPS) is 21.7. The first-order valence-electron chi connectivity index (χ1n) is 7.86. The summed E-state index contributed by atoms with van der Waals surface area (Å²) in [5.41, 5.74) is 2.33. The number of rotatable bonds is 3. The van der Waals surface area contributed by atoms with Gasteiger partial charge in [-0.15, -0.1) is 0 Å². The van der Waals surface area contributed by atoms with Crippen molar-refractivity contribution in [3.63, 3.8) is 0 Å². The molecule has 0 aromatic heterocycles. The Balaban J connectivity index is 1.65. The number of amides is 1. The molecule has 0 unspecified atom stereocenters. The van der Waals surface area contributed by atoms with Gasteiger partial charge in [0.2, 0.25) is 0 Å². The second-order valence-electron chi connectivity index (χ2n) is 6.30. The van der Waals surface area contributed by atoms with Crippen LogP contribution >= 0.6 is 0 Å². The SMILES string of the molecule is O=C(C[C@]1(O)C(=O)Nc2ccccc21)c1ccc2c(c1)CCC2. The minimum absolute atomic E-state index is 0.214. The molecule has 1 aliphatic carbocycles. The molecule has 4 heteroatoms. The fourth-order valence-corrected chi connectivity index (χ4v) is 3.56. The monoisotopic (exact) mass is 307 g/mol. The van der Waals surface area contributed by atoms with Crippen molar-refractivity contribution in [3.05, 3.63) is 64.7 Å². The average Bonchev–Trinajstić information content (AvgIpc) is 3.11. The summed E-state index contributed by atoms with van der Waals surface area (Å²) in [5, 5.41) is 13.4. The number of aryl methyl sites for hydroxylation is 2. The molecule has 2 aromatic rings. The third-order valence-electron chi connectivity index (χ3n) is 4.83. The van der Waals surface area contributed by atoms with Crippen LogP contribution < -0.4 is 5.32 Å². The Morgan fingerprint density at radius 3 is 2.78 bits per heavy atom. The summed E-state index contributed by atoms with van der Waals surface area (Å²) in [7, 11) is 0. The summed E-state index contributed by atoms with van der Waals surface area (Å²) < 4.78 is 0. The van der Waals surface area contributed by atoms with Gasteiger partial charge in [-0.05, 0) is 42.5 Å². The molecule has 4 rings (SSSR count). The smallest absolute Gasteiger partial charge is 0.261 e. The Bertz CT molecular complexity index is 827. The van der Waals surface area contributed by atoms with E-state index in [-0.39, 0.29) is 12.2 Å². The van der Waals surface area contributed by atoms with E-state index in [4.69, 9.17) is 0 Å². The molecule has 1 atom stereocenters. The Kier molecular flexibility index (Phi) is 3.10. The second-order valence-corrected chi connectivity index (χ2v) is 6.30. The molecule has 0 bridgehead atoms. The number of carbonyl (C=O) groups excluding carboxylic acids is 2. The summed E-state index contributed by atoms with van der Waals surface area (Å²) in [6.07, 6.45) is 2.93. The Hall–Kier alpha value is -2.46. The van der Waals surface area contributed by atoms with Crippen LogP contribution in [0, 0.1) is 0 Å². The molecule has 0 saturated heterocycles. The van der Waals surface area contributed by atoms with Gasteiger partial charge in [0, 0.05) is 16.8 Å². The summed E-state index contributed by atoms with van der Waals surface area (Å²) in [5.74, 6) is -0.748. The number of anilines is 1. The topological polar surface area (TPSA) is 66.4 Å². The molecule has 0 spiro atoms. The molecule has 116 valence electrons. The first kappa shape index (κ1) is 14.2. The van der Waals surface area contributed by atoms with Gasteiger partial charge < -0.3 is 10.4 Å². The molecule has 23 heavy (non-hydrogen) atoms. The van der Waals surface area contributed by atoms with E-state index in [1.54, 1.807) is 30.3 Å². The van der Waals surface area contributed by atoms with Crippen LogP contribution in [0.1, 0.15) is 39.9 Å². The van der Waals surface area contributed by atoms with Crippen molar-refractivity contribution in [3.8, 4) is 0 Å². The van der Waals surface area contributed by atoms with Crippen LogP contribution in [0.25, 0.3) is 0 Å². The lowest BCUT2D eigenvalue weighted by molar-refractivity contribution is -0.133. The molecule has 0 fully saturated rings. The molecule has 2 aromatic carbocycles. The number of para-hydroxylation sites is 1. The van der Waals surface area contributed by atoms with Crippen LogP contribution in [0.15, 0.2) is 42.5 Å². The standard InChI is InChI=1S/C19H17NO3/c21-17(14-9-8-12-4-3-5-13(12)10-14)11-19(23)15-6-1-2-7-16(15)20-18(19)22/h1-2,6-10,23H,3-5,11H2,(H,20,22)/t19-/m1/s1. The summed E-state index contributed by atoms with van der Waals surface area (Å²) in [4.78, 5) is 24.8. The van der Waals surface area contributed by atoms with Crippen molar-refractivity contribution in [2.24, 2.45) is 0 Å². The van der Waals surface area contributed by atoms with E-state index < -0.39 is 11.5 Å². The van der Waals surface area contributed by atoms with Crippen LogP contribution in [0.5, 0.6) is 0 Å². The van der Waals surface area contributed by atoms with Gasteiger partial charge in [0.25, 0.3) is 5.91 Å². The van der Waals surface area contributed by atoms with E-state index in [0.29, 0.717) is 16.8 Å². The van der Waals surface area contributed by atoms with Crippen molar-refractivity contribution >= 4 is 17.4 Å². The fraction of sp³-hybridized carbons (Fsp3) is 0.263. The van der Waals surface area contributed by atoms with E-state index in [1.165, 1.54) is 11.1 Å². The molecular weight excluding hydrogens is 290 g/mol. The van der Waals surface area contributed by atoms with E-state index >= 15 is 0 Å². The average molecular weight is 307 g/mol. The number of nitrogens with one attached hydrogen (secondary N) is 1. The van der Waals surface area contributed by atoms with Crippen molar-refractivity contribution in [2.75, 3.05) is 5.32 Å². The highest BCUT2D eigenvalue weighted by Crippen LogP contribution is 2.39. The fourth-order valence-electron chi connectivity index (χ4n) is 3.56. The zero-order valence-corrected chi connectivity index (χ0v) is 12.6. The molecule has 1 amide bonds. The maximum atomic E-state index is 12.6. The lowest BCUT2D eigenvalue weighted by atomic mass is 9.87. The highest BCUT2D eigenvalue weighted by molar-refractivity contribution is 6.09. The van der Waals surface area contributed by atoms with Gasteiger partial charge >= 0.3 is 0 Å². The Morgan fingerprint density at radius 2 is 1.91 bits per heavy atom. The van der Waals surface area contributed by atoms with Crippen LogP contribution in [0.4, 0.5) is 5.69 Å². The molecule has 0 saturated carbocycles. The summed E-state index contributed by atoms with van der Waals surface area (Å²) >= 11 is 0. The largest absolute Gasteiger partial charge is 0.375 e. The lowest BCUT2D eigenvalue weighted by Gasteiger charge is -2.20. The number of hydrogen-bond donors (Lipinski definition) is 2. The van der Waals surface area contributed by atoms with E-state index in [2.05, 4.69) is 5.32 Å². The number of ketones is 1. The minimum Gasteiger partial charge on any atom is -0.375 e. The maximum Gasteiger partial charge on any atom is 0.261 e. The van der Waals surface area contributed by atoms with Gasteiger partial charge in [-0.25, -0.2) is 0 Å². The number of fused-ring (bicyclic) bond motifs is 2. The van der Waals surface area contributed by atoms with Crippen LogP contribution in [0.2, 0.25) is 0 Å². The first-order chi connectivity index (χ1) is 11.1. The zero-order chi connectivity index (χ0) is 16.0. The van der Waals surface area contributed by atoms with Gasteiger partial charge in [0.05, 0.1) is 6.42 Å². The van der Waals surface area contributed by atoms with Gasteiger partial charge in [0.15, 0.2) is 11.4 Å². The van der Waals surface area contributed by atoms with Gasteiger partial charge in [-0.1, -0.05) is 30.3 Å². The number of aliphatic hydroxyl groups is 1. The van der Waals surface area contributed by atoms with Gasteiger partial charge in [-0.3, -0.25) is 9.59 Å². The number of benzene rings is 2. The molecule has 1 heterocycles. The predicted molar refractivity (Wildman–Crippen MR) is 86.4 cm³/mol. The first-order valence-corrected chi connectivity index (χ1v) is 7.86. The van der Waals surface area contributed by atoms with Crippen molar-refractivity contribution in [1.29, 1.82) is 0 Å². The number of Topliss-reactive ketones (excluding diaryl/α,β-unsaturated/α-hetero) is 1. The van der Waals surface area contributed by atoms with Gasteiger partial charge in [-0.2, -0.15) is 0 Å². The van der Waals surface area contributed by atoms with Crippen LogP contribution in [-0.4, -0.2) is 16.8 Å². The molecule has 1 aliphatic heterocycles. The predicted octanol–water partition coefficient (Wildman–Crippen LogP) is 2.59. The minimum atomic E-state index is -1.79. The van der Waals surface area contributed by atoms with E-state index in [1.807, 2.05) is 12.1 Å². The zero-order valence-electron chi connectivity index (χ0n) is 12.6. The highest BCUT2D eigenvalue weighted by Gasteiger charge is 2.46. The maximum absolute atomic E-state index is 12.6. The van der Waals surface area contributed by atoms with Crippen molar-refractivity contribution in [1.82, 2.24) is 0 Å². The molecule has 2 N–H and O–H groups in total. The second kappa shape index (κ2) is 5.03. The van der Waals surface area contributed by atoms with E-state index in [0.717, 1.165) is 19.3 Å². The quantitative estimate of drug-likeness (QED) is 0.857. The molecule has 0 radical (unpaired) electrons. The van der Waals surface area contributed by atoms with Gasteiger partial charge in [0.1, 0.15) is 0 Å². The Morgan fingerprint density at radius 1 is 1.13 bits per heavy atom.